The lowest BCUT2D eigenvalue weighted by Gasteiger charge is -2.27. The van der Waals surface area contributed by atoms with E-state index in [-0.39, 0.29) is 11.9 Å². The molecule has 1 saturated heterocycles. The molecule has 0 aromatic heterocycles. The number of methoxy groups -OCH3 is 1. The summed E-state index contributed by atoms with van der Waals surface area (Å²) in [6, 6.07) is 6.52. The molecule has 102 valence electrons. The van der Waals surface area contributed by atoms with Crippen LogP contribution in [0.3, 0.4) is 0 Å². The molecule has 0 unspecified atom stereocenters. The molecule has 1 aromatic carbocycles. The molecule has 2 atom stereocenters. The number of amides is 1. The standard InChI is InChI=1S/C14H17NO4/c1-9(16)15-12(7-8-13(15)14(17)18)10-3-5-11(19-2)6-4-10/h3-6,12-13H,7-8H2,1-2H3,(H,17,18)/t12-,13-/m1/s1. The van der Waals surface area contributed by atoms with Crippen LogP contribution in [0.4, 0.5) is 0 Å². The number of carbonyl (C=O) groups excluding carboxylic acids is 1. The highest BCUT2D eigenvalue weighted by Gasteiger charge is 2.40. The summed E-state index contributed by atoms with van der Waals surface area (Å²) in [6.45, 7) is 1.41. The van der Waals surface area contributed by atoms with E-state index in [0.717, 1.165) is 11.3 Å². The van der Waals surface area contributed by atoms with Crippen LogP contribution in [0.5, 0.6) is 5.75 Å². The lowest BCUT2D eigenvalue weighted by molar-refractivity contribution is -0.148. The van der Waals surface area contributed by atoms with Crippen LogP contribution in [0.2, 0.25) is 0 Å². The van der Waals surface area contributed by atoms with Crippen molar-refractivity contribution in [2.24, 2.45) is 0 Å². The molecule has 2 rings (SSSR count). The Balaban J connectivity index is 2.27. The zero-order chi connectivity index (χ0) is 14.0. The van der Waals surface area contributed by atoms with Crippen LogP contribution in [0, 0.1) is 0 Å². The second-order valence-corrected chi connectivity index (χ2v) is 4.65. The maximum atomic E-state index is 11.7. The molecule has 1 amide bonds. The molecule has 0 saturated carbocycles. The van der Waals surface area contributed by atoms with Crippen LogP contribution < -0.4 is 4.74 Å². The van der Waals surface area contributed by atoms with E-state index in [0.29, 0.717) is 12.8 Å². The van der Waals surface area contributed by atoms with Gasteiger partial charge < -0.3 is 14.7 Å². The molecule has 0 bridgehead atoms. The van der Waals surface area contributed by atoms with Gasteiger partial charge in [-0.2, -0.15) is 0 Å². The van der Waals surface area contributed by atoms with Gasteiger partial charge in [0.1, 0.15) is 11.8 Å². The Morgan fingerprint density at radius 2 is 1.89 bits per heavy atom. The average Bonchev–Trinajstić information content (AvgIpc) is 2.83. The summed E-state index contributed by atoms with van der Waals surface area (Å²) in [5, 5.41) is 9.17. The second-order valence-electron chi connectivity index (χ2n) is 4.65. The first-order valence-electron chi connectivity index (χ1n) is 6.20. The number of carboxylic acids is 1. The van der Waals surface area contributed by atoms with E-state index in [9.17, 15) is 9.59 Å². The summed E-state index contributed by atoms with van der Waals surface area (Å²) in [6.07, 6.45) is 1.16. The summed E-state index contributed by atoms with van der Waals surface area (Å²) >= 11 is 0. The molecule has 1 aliphatic rings. The molecule has 1 heterocycles. The number of aliphatic carboxylic acids is 1. The molecule has 0 spiro atoms. The van der Waals surface area contributed by atoms with Crippen molar-refractivity contribution >= 4 is 11.9 Å². The maximum Gasteiger partial charge on any atom is 0.326 e. The van der Waals surface area contributed by atoms with Gasteiger partial charge in [0.05, 0.1) is 13.2 Å². The topological polar surface area (TPSA) is 66.8 Å². The van der Waals surface area contributed by atoms with E-state index < -0.39 is 12.0 Å². The molecule has 19 heavy (non-hydrogen) atoms. The van der Waals surface area contributed by atoms with Crippen molar-refractivity contribution in [3.05, 3.63) is 29.8 Å². The fourth-order valence-corrected chi connectivity index (χ4v) is 2.65. The van der Waals surface area contributed by atoms with Crippen LogP contribution in [-0.4, -0.2) is 35.0 Å². The molecule has 5 heteroatoms. The van der Waals surface area contributed by atoms with Crippen LogP contribution in [0.25, 0.3) is 0 Å². The lowest BCUT2D eigenvalue weighted by atomic mass is 10.0. The first kappa shape index (κ1) is 13.4. The van der Waals surface area contributed by atoms with Gasteiger partial charge >= 0.3 is 5.97 Å². The Morgan fingerprint density at radius 3 is 2.37 bits per heavy atom. The van der Waals surface area contributed by atoms with Crippen LogP contribution in [0.1, 0.15) is 31.4 Å². The Kier molecular flexibility index (Phi) is 3.74. The minimum Gasteiger partial charge on any atom is -0.497 e. The maximum absolute atomic E-state index is 11.7. The third-order valence-corrected chi connectivity index (χ3v) is 3.53. The average molecular weight is 263 g/mol. The first-order valence-corrected chi connectivity index (χ1v) is 6.20. The number of hydrogen-bond acceptors (Lipinski definition) is 3. The third-order valence-electron chi connectivity index (χ3n) is 3.53. The normalized spacial score (nSPS) is 22.3. The SMILES string of the molecule is COc1ccc([C@H]2CC[C@H](C(=O)O)N2C(C)=O)cc1. The van der Waals surface area contributed by atoms with E-state index in [1.54, 1.807) is 7.11 Å². The fraction of sp³-hybridized carbons (Fsp3) is 0.429. The van der Waals surface area contributed by atoms with Gasteiger partial charge in [0.2, 0.25) is 5.91 Å². The fourth-order valence-electron chi connectivity index (χ4n) is 2.65. The predicted molar refractivity (Wildman–Crippen MR) is 68.9 cm³/mol. The zero-order valence-corrected chi connectivity index (χ0v) is 11.0. The Bertz CT molecular complexity index is 483. The van der Waals surface area contributed by atoms with Crippen molar-refractivity contribution in [1.29, 1.82) is 0 Å². The number of ether oxygens (including phenoxy) is 1. The van der Waals surface area contributed by atoms with Crippen LogP contribution in [0.15, 0.2) is 24.3 Å². The number of likely N-dealkylation sites (tertiary alicyclic amines) is 1. The molecule has 1 fully saturated rings. The van der Waals surface area contributed by atoms with E-state index in [4.69, 9.17) is 9.84 Å². The van der Waals surface area contributed by atoms with E-state index >= 15 is 0 Å². The van der Waals surface area contributed by atoms with Crippen molar-refractivity contribution in [3.63, 3.8) is 0 Å². The Morgan fingerprint density at radius 1 is 1.26 bits per heavy atom. The molecule has 1 N–H and O–H groups in total. The molecule has 1 aromatic rings. The second kappa shape index (κ2) is 5.30. The number of carboxylic acid groups (broad SMARTS) is 1. The van der Waals surface area contributed by atoms with Gasteiger partial charge in [0.15, 0.2) is 0 Å². The summed E-state index contributed by atoms with van der Waals surface area (Å²) in [5.74, 6) is -0.400. The van der Waals surface area contributed by atoms with Gasteiger partial charge in [-0.1, -0.05) is 12.1 Å². The number of nitrogens with zero attached hydrogens (tertiary/aromatic N) is 1. The Hall–Kier alpha value is -2.04. The van der Waals surface area contributed by atoms with E-state index in [1.807, 2.05) is 24.3 Å². The summed E-state index contributed by atoms with van der Waals surface area (Å²) in [4.78, 5) is 24.3. The van der Waals surface area contributed by atoms with Crippen LogP contribution in [-0.2, 0) is 9.59 Å². The Labute approximate surface area is 111 Å². The summed E-state index contributed by atoms with van der Waals surface area (Å²) in [7, 11) is 1.59. The number of hydrogen-bond donors (Lipinski definition) is 1. The van der Waals surface area contributed by atoms with Crippen molar-refractivity contribution in [3.8, 4) is 5.75 Å². The minimum absolute atomic E-state index is 0.162. The predicted octanol–water partition coefficient (Wildman–Crippen LogP) is 1.83. The van der Waals surface area contributed by atoms with Crippen molar-refractivity contribution in [1.82, 2.24) is 4.90 Å². The highest BCUT2D eigenvalue weighted by Crippen LogP contribution is 2.36. The van der Waals surface area contributed by atoms with Gasteiger partial charge in [-0.05, 0) is 30.5 Å². The summed E-state index contributed by atoms with van der Waals surface area (Å²) in [5.41, 5.74) is 0.944. The van der Waals surface area contributed by atoms with Gasteiger partial charge in [0, 0.05) is 6.92 Å². The molecular weight excluding hydrogens is 246 g/mol. The largest absolute Gasteiger partial charge is 0.497 e. The lowest BCUT2D eigenvalue weighted by Crippen LogP contribution is -2.40. The van der Waals surface area contributed by atoms with Gasteiger partial charge in [0.25, 0.3) is 0 Å². The number of carbonyl (C=O) groups is 2. The molecule has 5 nitrogen and oxygen atoms in total. The van der Waals surface area contributed by atoms with Gasteiger partial charge in [-0.3, -0.25) is 4.79 Å². The highest BCUT2D eigenvalue weighted by atomic mass is 16.5. The third kappa shape index (κ3) is 2.54. The van der Waals surface area contributed by atoms with Crippen LogP contribution >= 0.6 is 0 Å². The van der Waals surface area contributed by atoms with Crippen molar-refractivity contribution in [2.75, 3.05) is 7.11 Å². The van der Waals surface area contributed by atoms with Crippen molar-refractivity contribution < 1.29 is 19.4 Å². The molecule has 0 radical (unpaired) electrons. The smallest absolute Gasteiger partial charge is 0.326 e. The zero-order valence-electron chi connectivity index (χ0n) is 11.0. The molecule has 1 aliphatic heterocycles. The number of benzene rings is 1. The van der Waals surface area contributed by atoms with E-state index in [2.05, 4.69) is 0 Å². The first-order chi connectivity index (χ1) is 9.04. The minimum atomic E-state index is -0.939. The monoisotopic (exact) mass is 263 g/mol. The van der Waals surface area contributed by atoms with E-state index in [1.165, 1.54) is 11.8 Å². The van der Waals surface area contributed by atoms with Gasteiger partial charge in [-0.25, -0.2) is 4.79 Å². The van der Waals surface area contributed by atoms with Crippen molar-refractivity contribution in [2.45, 2.75) is 31.8 Å². The quantitative estimate of drug-likeness (QED) is 0.903. The highest BCUT2D eigenvalue weighted by molar-refractivity contribution is 5.83. The number of rotatable bonds is 3. The summed E-state index contributed by atoms with van der Waals surface area (Å²) < 4.78 is 5.09. The molecule has 0 aliphatic carbocycles. The van der Waals surface area contributed by atoms with Gasteiger partial charge in [-0.15, -0.1) is 0 Å². The molecular formula is C14H17NO4.